The monoisotopic (exact) mass is 535 g/mol. The fraction of sp³-hybridized carbons (Fsp3) is 0.345. The van der Waals surface area contributed by atoms with E-state index in [0.29, 0.717) is 16.1 Å². The molecule has 1 amide bonds. The summed E-state index contributed by atoms with van der Waals surface area (Å²) in [6.45, 7) is 8.12. The second-order valence-corrected chi connectivity index (χ2v) is 11.0. The minimum absolute atomic E-state index is 0.0415. The number of fused-ring (bicyclic) bond motifs is 1. The van der Waals surface area contributed by atoms with Gasteiger partial charge in [0.25, 0.3) is 0 Å². The van der Waals surface area contributed by atoms with Crippen molar-refractivity contribution in [1.82, 2.24) is 19.4 Å². The summed E-state index contributed by atoms with van der Waals surface area (Å²) < 4.78 is 22.5. The van der Waals surface area contributed by atoms with E-state index in [4.69, 9.17) is 16.3 Å². The van der Waals surface area contributed by atoms with Gasteiger partial charge in [0.15, 0.2) is 0 Å². The first-order valence-corrected chi connectivity index (χ1v) is 13.1. The summed E-state index contributed by atoms with van der Waals surface area (Å²) in [4.78, 5) is 23.3. The van der Waals surface area contributed by atoms with Crippen molar-refractivity contribution in [3.05, 3.63) is 77.6 Å². The highest BCUT2D eigenvalue weighted by molar-refractivity contribution is 6.35. The fourth-order valence-corrected chi connectivity index (χ4v) is 5.17. The van der Waals surface area contributed by atoms with Gasteiger partial charge in [-0.25, -0.2) is 19.2 Å². The second kappa shape index (κ2) is 10.7. The number of aromatic nitrogens is 3. The standard InChI is InChI=1S/C29H31ClFN5O2/c1-29(2,3)38-28(37)34-24-10-9-20(15-23(24)31)22-17-36(27-25(22)26(30)32-18-33-27)21-11-13-35(14-12-21)16-19-7-5-4-6-8-19/h4-10,15,17-18,21H,11-14,16H2,1-3H3,(H,34,37). The lowest BCUT2D eigenvalue weighted by atomic mass is 10.0. The molecule has 0 saturated carbocycles. The van der Waals surface area contributed by atoms with Crippen LogP contribution >= 0.6 is 11.6 Å². The summed E-state index contributed by atoms with van der Waals surface area (Å²) in [6.07, 6.45) is 4.67. The molecular weight excluding hydrogens is 505 g/mol. The zero-order valence-corrected chi connectivity index (χ0v) is 22.5. The van der Waals surface area contributed by atoms with E-state index >= 15 is 4.39 Å². The summed E-state index contributed by atoms with van der Waals surface area (Å²) in [5.74, 6) is -0.573. The number of anilines is 1. The molecule has 1 N–H and O–H groups in total. The molecule has 198 valence electrons. The van der Waals surface area contributed by atoms with Gasteiger partial charge in [0.1, 0.15) is 28.5 Å². The maximum absolute atomic E-state index is 15.1. The molecule has 0 spiro atoms. The van der Waals surface area contributed by atoms with Crippen LogP contribution < -0.4 is 5.32 Å². The lowest BCUT2D eigenvalue weighted by molar-refractivity contribution is 0.0635. The normalized spacial score (nSPS) is 15.1. The quantitative estimate of drug-likeness (QED) is 0.277. The number of benzene rings is 2. The van der Waals surface area contributed by atoms with Gasteiger partial charge < -0.3 is 9.30 Å². The Bertz CT molecular complexity index is 1440. The van der Waals surface area contributed by atoms with Crippen LogP contribution in [-0.2, 0) is 11.3 Å². The summed E-state index contributed by atoms with van der Waals surface area (Å²) >= 11 is 6.54. The highest BCUT2D eigenvalue weighted by Gasteiger charge is 2.25. The Morgan fingerprint density at radius 1 is 1.13 bits per heavy atom. The Labute approximate surface area is 226 Å². The average molecular weight is 536 g/mol. The number of halogens is 2. The third kappa shape index (κ3) is 5.81. The lowest BCUT2D eigenvalue weighted by Gasteiger charge is -2.33. The average Bonchev–Trinajstić information content (AvgIpc) is 3.26. The highest BCUT2D eigenvalue weighted by Crippen LogP contribution is 2.38. The van der Waals surface area contributed by atoms with Gasteiger partial charge in [0, 0.05) is 37.4 Å². The van der Waals surface area contributed by atoms with Crippen LogP contribution in [0.1, 0.15) is 45.2 Å². The predicted molar refractivity (Wildman–Crippen MR) is 148 cm³/mol. The molecular formula is C29H31ClFN5O2. The molecule has 2 aromatic carbocycles. The Morgan fingerprint density at radius 2 is 1.87 bits per heavy atom. The number of hydrogen-bond acceptors (Lipinski definition) is 5. The number of ether oxygens (including phenoxy) is 1. The Morgan fingerprint density at radius 3 is 2.55 bits per heavy atom. The fourth-order valence-electron chi connectivity index (χ4n) is 4.94. The van der Waals surface area contributed by atoms with Gasteiger partial charge in [-0.05, 0) is 56.9 Å². The third-order valence-corrected chi connectivity index (χ3v) is 6.96. The maximum Gasteiger partial charge on any atom is 0.412 e. The van der Waals surface area contributed by atoms with Gasteiger partial charge >= 0.3 is 6.09 Å². The van der Waals surface area contributed by atoms with E-state index in [1.807, 2.05) is 12.3 Å². The number of hydrogen-bond donors (Lipinski definition) is 1. The van der Waals surface area contributed by atoms with Crippen molar-refractivity contribution in [2.45, 2.75) is 51.8 Å². The molecule has 1 aliphatic heterocycles. The molecule has 0 unspecified atom stereocenters. The van der Waals surface area contributed by atoms with Gasteiger partial charge in [0.2, 0.25) is 0 Å². The number of carbonyl (C=O) groups excluding carboxylic acids is 1. The summed E-state index contributed by atoms with van der Waals surface area (Å²) in [5.41, 5.74) is 2.78. The third-order valence-electron chi connectivity index (χ3n) is 6.68. The molecule has 38 heavy (non-hydrogen) atoms. The number of rotatable bonds is 5. The van der Waals surface area contributed by atoms with E-state index in [1.165, 1.54) is 24.0 Å². The van der Waals surface area contributed by atoms with Gasteiger partial charge in [-0.2, -0.15) is 0 Å². The van der Waals surface area contributed by atoms with Gasteiger partial charge in [-0.1, -0.05) is 48.0 Å². The number of nitrogens with one attached hydrogen (secondary N) is 1. The zero-order chi connectivity index (χ0) is 26.9. The van der Waals surface area contributed by atoms with Crippen LogP contribution in [0.4, 0.5) is 14.9 Å². The molecule has 1 aliphatic rings. The van der Waals surface area contributed by atoms with Crippen LogP contribution in [0, 0.1) is 5.82 Å². The molecule has 3 heterocycles. The minimum atomic E-state index is -0.712. The van der Waals surface area contributed by atoms with Crippen LogP contribution in [0.5, 0.6) is 0 Å². The van der Waals surface area contributed by atoms with Crippen molar-refractivity contribution >= 4 is 34.4 Å². The highest BCUT2D eigenvalue weighted by atomic mass is 35.5. The van der Waals surface area contributed by atoms with E-state index in [0.717, 1.165) is 43.7 Å². The van der Waals surface area contributed by atoms with E-state index < -0.39 is 17.5 Å². The first-order chi connectivity index (χ1) is 18.2. The van der Waals surface area contributed by atoms with Crippen LogP contribution in [0.15, 0.2) is 61.1 Å². The molecule has 2 aromatic heterocycles. The van der Waals surface area contributed by atoms with Crippen molar-refractivity contribution in [1.29, 1.82) is 0 Å². The van der Waals surface area contributed by atoms with Crippen LogP contribution in [-0.4, -0.2) is 44.2 Å². The lowest BCUT2D eigenvalue weighted by Crippen LogP contribution is -2.34. The van der Waals surface area contributed by atoms with E-state index in [1.54, 1.807) is 26.8 Å². The van der Waals surface area contributed by atoms with Crippen molar-refractivity contribution in [2.24, 2.45) is 0 Å². The van der Waals surface area contributed by atoms with Crippen LogP contribution in [0.2, 0.25) is 5.15 Å². The van der Waals surface area contributed by atoms with Crippen LogP contribution in [0.3, 0.4) is 0 Å². The smallest absolute Gasteiger partial charge is 0.412 e. The summed E-state index contributed by atoms with van der Waals surface area (Å²) in [7, 11) is 0. The summed E-state index contributed by atoms with van der Waals surface area (Å²) in [5, 5.41) is 3.48. The first kappa shape index (κ1) is 26.1. The predicted octanol–water partition coefficient (Wildman–Crippen LogP) is 7.07. The molecule has 1 saturated heterocycles. The molecule has 1 fully saturated rings. The molecule has 4 aromatic rings. The zero-order valence-electron chi connectivity index (χ0n) is 21.7. The van der Waals surface area contributed by atoms with Crippen molar-refractivity contribution in [3.63, 3.8) is 0 Å². The van der Waals surface area contributed by atoms with Gasteiger partial charge in [-0.15, -0.1) is 0 Å². The molecule has 9 heteroatoms. The van der Waals surface area contributed by atoms with Crippen LogP contribution in [0.25, 0.3) is 22.2 Å². The number of carbonyl (C=O) groups is 1. The number of piperidine rings is 1. The molecule has 7 nitrogen and oxygen atoms in total. The first-order valence-electron chi connectivity index (χ1n) is 12.8. The largest absolute Gasteiger partial charge is 0.444 e. The van der Waals surface area contributed by atoms with Crippen molar-refractivity contribution < 1.29 is 13.9 Å². The summed E-state index contributed by atoms with van der Waals surface area (Å²) in [6, 6.07) is 15.4. The minimum Gasteiger partial charge on any atom is -0.444 e. The Balaban J connectivity index is 1.38. The van der Waals surface area contributed by atoms with Crippen molar-refractivity contribution in [2.75, 3.05) is 18.4 Å². The Hall–Kier alpha value is -3.49. The molecule has 0 atom stereocenters. The topological polar surface area (TPSA) is 72.3 Å². The number of likely N-dealkylation sites (tertiary alicyclic amines) is 1. The Kier molecular flexibility index (Phi) is 7.36. The second-order valence-electron chi connectivity index (χ2n) is 10.6. The van der Waals surface area contributed by atoms with E-state index in [-0.39, 0.29) is 11.7 Å². The number of nitrogens with zero attached hydrogens (tertiary/aromatic N) is 4. The SMILES string of the molecule is CC(C)(C)OC(=O)Nc1ccc(-c2cn(C3CCN(Cc4ccccc4)CC3)c3ncnc(Cl)c23)cc1F. The maximum atomic E-state index is 15.1. The van der Waals surface area contributed by atoms with E-state index in [9.17, 15) is 4.79 Å². The molecule has 5 rings (SSSR count). The number of amides is 1. The molecule has 0 aliphatic carbocycles. The van der Waals surface area contributed by atoms with Gasteiger partial charge in [-0.3, -0.25) is 10.2 Å². The molecule has 0 radical (unpaired) electrons. The molecule has 0 bridgehead atoms. The van der Waals surface area contributed by atoms with Gasteiger partial charge in [0.05, 0.1) is 11.1 Å². The van der Waals surface area contributed by atoms with E-state index in [2.05, 4.69) is 49.0 Å². The van der Waals surface area contributed by atoms with Crippen molar-refractivity contribution in [3.8, 4) is 11.1 Å².